The zero-order chi connectivity index (χ0) is 19.4. The van der Waals surface area contributed by atoms with Gasteiger partial charge in [-0.1, -0.05) is 35.0 Å². The van der Waals surface area contributed by atoms with Crippen molar-refractivity contribution in [2.45, 2.75) is 11.3 Å². The number of ether oxygens (including phenoxy) is 1. The molecule has 0 aliphatic rings. The number of hydrogen-bond donors (Lipinski definition) is 4. The van der Waals surface area contributed by atoms with Crippen molar-refractivity contribution >= 4 is 57.7 Å². The molecule has 0 spiro atoms. The van der Waals surface area contributed by atoms with E-state index in [0.29, 0.717) is 37.9 Å². The van der Waals surface area contributed by atoms with Crippen molar-refractivity contribution in [2.24, 2.45) is 0 Å². The molecule has 0 bridgehead atoms. The van der Waals surface area contributed by atoms with Gasteiger partial charge in [-0.05, 0) is 36.4 Å². The summed E-state index contributed by atoms with van der Waals surface area (Å²) in [6.07, 6.45) is -0.686. The van der Waals surface area contributed by atoms with Crippen molar-refractivity contribution in [3.8, 4) is 5.75 Å². The summed E-state index contributed by atoms with van der Waals surface area (Å²) in [6, 6.07) is 9.84. The van der Waals surface area contributed by atoms with E-state index in [-0.39, 0.29) is 12.6 Å². The summed E-state index contributed by atoms with van der Waals surface area (Å²) in [4.78, 5) is 18.4. The third kappa shape index (κ3) is 5.50. The van der Waals surface area contributed by atoms with E-state index in [1.807, 2.05) is 0 Å². The van der Waals surface area contributed by atoms with Gasteiger partial charge in [0, 0.05) is 11.4 Å². The average molecular weight is 428 g/mol. The third-order valence-corrected chi connectivity index (χ3v) is 5.24. The van der Waals surface area contributed by atoms with Gasteiger partial charge in [-0.15, -0.1) is 0 Å². The molecule has 1 atom stereocenters. The Bertz CT molecular complexity index is 910. The lowest BCUT2D eigenvalue weighted by atomic mass is 10.3. The maximum absolute atomic E-state index is 10.9. The van der Waals surface area contributed by atoms with Gasteiger partial charge >= 0.3 is 6.03 Å². The van der Waals surface area contributed by atoms with Crippen LogP contribution in [-0.4, -0.2) is 39.6 Å². The number of rotatable bonds is 7. The van der Waals surface area contributed by atoms with E-state index in [2.05, 4.69) is 21.0 Å². The number of nitrogens with zero attached hydrogens (tertiary/aromatic N) is 1. The Labute approximate surface area is 169 Å². The van der Waals surface area contributed by atoms with Crippen molar-refractivity contribution < 1.29 is 20.4 Å². The molecule has 27 heavy (non-hydrogen) atoms. The maximum Gasteiger partial charge on any atom is 0.416 e. The molecule has 1 aromatic heterocycles. The molecule has 0 aliphatic carbocycles. The number of thioether (sulfide) groups is 1. The number of benzene rings is 2. The lowest BCUT2D eigenvalue weighted by Crippen LogP contribution is -2.59. The fourth-order valence-electron chi connectivity index (χ4n) is 2.26. The van der Waals surface area contributed by atoms with E-state index in [1.54, 1.807) is 36.4 Å². The van der Waals surface area contributed by atoms with Crippen molar-refractivity contribution in [1.29, 1.82) is 0 Å². The number of amides is 2. The number of fused-ring (bicyclic) bond motifs is 1. The highest BCUT2D eigenvalue weighted by Crippen LogP contribution is 2.28. The van der Waals surface area contributed by atoms with Gasteiger partial charge in [-0.3, -0.25) is 11.1 Å². The second-order valence-electron chi connectivity index (χ2n) is 5.67. The SMILES string of the molecule is [NH3+]C(=O)Nc1ccc(OCC(O)CSc2nc3cc(Cl)c(Cl)cc3[nH]2)cc1. The minimum Gasteiger partial charge on any atom is -0.491 e. The highest BCUT2D eigenvalue weighted by atomic mass is 35.5. The smallest absolute Gasteiger partial charge is 0.416 e. The Morgan fingerprint density at radius 2 is 2.00 bits per heavy atom. The van der Waals surface area contributed by atoms with Crippen LogP contribution in [0.1, 0.15) is 0 Å². The molecule has 2 amide bonds. The number of aromatic amines is 1. The second-order valence-corrected chi connectivity index (χ2v) is 7.50. The average Bonchev–Trinajstić information content (AvgIpc) is 3.01. The van der Waals surface area contributed by atoms with Crippen LogP contribution in [0.3, 0.4) is 0 Å². The van der Waals surface area contributed by atoms with E-state index in [1.165, 1.54) is 11.8 Å². The quantitative estimate of drug-likeness (QED) is 0.432. The summed E-state index contributed by atoms with van der Waals surface area (Å²) < 4.78 is 5.55. The van der Waals surface area contributed by atoms with E-state index in [0.717, 1.165) is 5.52 Å². The number of nitrogens with one attached hydrogen (secondary N) is 2. The summed E-state index contributed by atoms with van der Waals surface area (Å²) >= 11 is 13.4. The molecule has 10 heteroatoms. The molecule has 3 rings (SSSR count). The van der Waals surface area contributed by atoms with Crippen LogP contribution >= 0.6 is 35.0 Å². The lowest BCUT2D eigenvalue weighted by molar-refractivity contribution is -0.242. The fourth-order valence-corrected chi connectivity index (χ4v) is 3.37. The summed E-state index contributed by atoms with van der Waals surface area (Å²) in [5.74, 6) is 0.992. The number of anilines is 1. The monoisotopic (exact) mass is 427 g/mol. The normalized spacial score (nSPS) is 12.1. The largest absolute Gasteiger partial charge is 0.491 e. The third-order valence-electron chi connectivity index (χ3n) is 3.50. The summed E-state index contributed by atoms with van der Waals surface area (Å²) in [5.41, 5.74) is 5.37. The van der Waals surface area contributed by atoms with Gasteiger partial charge in [0.15, 0.2) is 5.16 Å². The van der Waals surface area contributed by atoms with Gasteiger partial charge in [0.1, 0.15) is 12.4 Å². The Kier molecular flexibility index (Phi) is 6.46. The topological polar surface area (TPSA) is 115 Å². The van der Waals surface area contributed by atoms with Gasteiger partial charge in [-0.25, -0.2) is 9.78 Å². The van der Waals surface area contributed by atoms with E-state index < -0.39 is 6.10 Å². The van der Waals surface area contributed by atoms with Crippen molar-refractivity contribution in [1.82, 2.24) is 9.97 Å². The summed E-state index contributed by atoms with van der Waals surface area (Å²) in [5, 5.41) is 14.2. The molecule has 3 aromatic rings. The van der Waals surface area contributed by atoms with E-state index >= 15 is 0 Å². The van der Waals surface area contributed by atoms with Crippen LogP contribution in [0.25, 0.3) is 11.0 Å². The van der Waals surface area contributed by atoms with Crippen LogP contribution in [0, 0.1) is 0 Å². The second kappa shape index (κ2) is 8.81. The van der Waals surface area contributed by atoms with Gasteiger partial charge in [-0.2, -0.15) is 0 Å². The molecular formula is C17H17Cl2N4O3S+. The first kappa shape index (κ1) is 19.8. The first-order valence-electron chi connectivity index (χ1n) is 7.92. The minimum atomic E-state index is -0.686. The van der Waals surface area contributed by atoms with Gasteiger partial charge in [0.25, 0.3) is 0 Å². The van der Waals surface area contributed by atoms with Gasteiger partial charge in [0.05, 0.1) is 27.2 Å². The predicted molar refractivity (Wildman–Crippen MR) is 107 cm³/mol. The summed E-state index contributed by atoms with van der Waals surface area (Å²) in [6.45, 7) is 0.131. The molecule has 1 unspecified atom stereocenters. The molecule has 7 nitrogen and oxygen atoms in total. The number of quaternary nitrogens is 1. The van der Waals surface area contributed by atoms with Crippen LogP contribution < -0.4 is 15.8 Å². The molecule has 0 aliphatic heterocycles. The molecule has 0 fully saturated rings. The molecule has 142 valence electrons. The number of carbonyl (C=O) groups excluding carboxylic acids is 1. The highest BCUT2D eigenvalue weighted by molar-refractivity contribution is 7.99. The molecule has 6 N–H and O–H groups in total. The van der Waals surface area contributed by atoms with Gasteiger partial charge in [0.2, 0.25) is 0 Å². The number of H-pyrrole nitrogens is 1. The molecular weight excluding hydrogens is 411 g/mol. The minimum absolute atomic E-state index is 0.131. The first-order chi connectivity index (χ1) is 12.9. The fraction of sp³-hybridized carbons (Fsp3) is 0.176. The van der Waals surface area contributed by atoms with Gasteiger partial charge < -0.3 is 14.8 Å². The van der Waals surface area contributed by atoms with Crippen LogP contribution in [-0.2, 0) is 0 Å². The highest BCUT2D eigenvalue weighted by Gasteiger charge is 2.11. The maximum atomic E-state index is 10.9. The number of carbonyl (C=O) groups is 1. The number of imidazole rings is 1. The molecule has 0 saturated heterocycles. The molecule has 0 radical (unpaired) electrons. The first-order valence-corrected chi connectivity index (χ1v) is 9.66. The lowest BCUT2D eigenvalue weighted by Gasteiger charge is -2.11. The zero-order valence-corrected chi connectivity index (χ0v) is 16.4. The van der Waals surface area contributed by atoms with Crippen LogP contribution in [0.2, 0.25) is 10.0 Å². The van der Waals surface area contributed by atoms with E-state index in [4.69, 9.17) is 27.9 Å². The molecule has 2 aromatic carbocycles. The molecule has 0 saturated carbocycles. The standard InChI is InChI=1S/C17H16Cl2N4O3S/c18-12-5-14-15(6-13(12)19)23-17(22-14)27-8-10(24)7-26-11-3-1-9(2-4-11)21-16(20)25/h1-6,10,24H,7-8H2,(H,22,23)(H3,20,21,25)/p+1. The number of halogens is 2. The Balaban J connectivity index is 1.49. The van der Waals surface area contributed by atoms with Crippen molar-refractivity contribution in [3.05, 3.63) is 46.4 Å². The van der Waals surface area contributed by atoms with Crippen molar-refractivity contribution in [2.75, 3.05) is 17.7 Å². The van der Waals surface area contributed by atoms with Crippen LogP contribution in [0.5, 0.6) is 5.75 Å². The Morgan fingerprint density at radius 1 is 1.30 bits per heavy atom. The van der Waals surface area contributed by atoms with E-state index in [9.17, 15) is 9.90 Å². The van der Waals surface area contributed by atoms with Crippen molar-refractivity contribution in [3.63, 3.8) is 0 Å². The summed E-state index contributed by atoms with van der Waals surface area (Å²) in [7, 11) is 0. The number of hydrogen-bond acceptors (Lipinski definition) is 5. The molecule has 1 heterocycles. The van der Waals surface area contributed by atoms with Crippen LogP contribution in [0.4, 0.5) is 10.5 Å². The Hall–Kier alpha value is -1.97. The number of urea groups is 1. The van der Waals surface area contributed by atoms with Crippen LogP contribution in [0.15, 0.2) is 41.6 Å². The number of aromatic nitrogens is 2. The zero-order valence-electron chi connectivity index (χ0n) is 14.0. The Morgan fingerprint density at radius 3 is 2.70 bits per heavy atom. The number of aliphatic hydroxyl groups excluding tert-OH is 1. The predicted octanol–water partition coefficient (Wildman–Crippen LogP) is 3.18. The number of aliphatic hydroxyl groups is 1.